The summed E-state index contributed by atoms with van der Waals surface area (Å²) in [7, 11) is 0. The second-order valence-corrected chi connectivity index (χ2v) is 7.94. The summed E-state index contributed by atoms with van der Waals surface area (Å²) in [5.41, 5.74) is 2.47. The number of aromatic nitrogens is 1. The maximum absolute atomic E-state index is 12.9. The van der Waals surface area contributed by atoms with Gasteiger partial charge in [0.15, 0.2) is 0 Å². The number of hydrogen-bond acceptors (Lipinski definition) is 5. The molecule has 26 heavy (non-hydrogen) atoms. The quantitative estimate of drug-likeness (QED) is 0.896. The fourth-order valence-corrected chi connectivity index (χ4v) is 4.74. The lowest BCUT2D eigenvalue weighted by Gasteiger charge is -2.36. The fourth-order valence-electron chi connectivity index (χ4n) is 3.53. The molecule has 2 atom stereocenters. The number of nitrogens with zero attached hydrogens (tertiary/aromatic N) is 3. The highest BCUT2D eigenvalue weighted by Gasteiger charge is 2.34. The van der Waals surface area contributed by atoms with Crippen LogP contribution in [0.3, 0.4) is 0 Å². The predicted molar refractivity (Wildman–Crippen MR) is 105 cm³/mol. The topological polar surface area (TPSA) is 48.5 Å². The van der Waals surface area contributed by atoms with Gasteiger partial charge in [-0.05, 0) is 17.2 Å². The molecule has 1 aromatic carbocycles. The van der Waals surface area contributed by atoms with Crippen LogP contribution in [0, 0.1) is 0 Å². The molecule has 0 radical (unpaired) electrons. The molecule has 5 nitrogen and oxygen atoms in total. The lowest BCUT2D eigenvalue weighted by Crippen LogP contribution is -2.53. The van der Waals surface area contributed by atoms with Gasteiger partial charge in [-0.3, -0.25) is 20.0 Å². The van der Waals surface area contributed by atoms with Crippen molar-refractivity contribution in [1.82, 2.24) is 20.1 Å². The summed E-state index contributed by atoms with van der Waals surface area (Å²) in [4.78, 5) is 21.5. The van der Waals surface area contributed by atoms with Crippen LogP contribution in [0.15, 0.2) is 54.9 Å². The van der Waals surface area contributed by atoms with E-state index >= 15 is 0 Å². The van der Waals surface area contributed by atoms with Gasteiger partial charge in [0.05, 0.1) is 11.4 Å². The van der Waals surface area contributed by atoms with Gasteiger partial charge in [0.2, 0.25) is 5.91 Å². The van der Waals surface area contributed by atoms with Crippen LogP contribution in [-0.2, 0) is 11.3 Å². The lowest BCUT2D eigenvalue weighted by molar-refractivity contribution is -0.134. The van der Waals surface area contributed by atoms with Gasteiger partial charge in [-0.1, -0.05) is 36.4 Å². The molecule has 0 saturated carbocycles. The number of benzene rings is 1. The monoisotopic (exact) mass is 368 g/mol. The van der Waals surface area contributed by atoms with Crippen molar-refractivity contribution in [3.8, 4) is 0 Å². The minimum atomic E-state index is -0.0918. The first-order valence-corrected chi connectivity index (χ1v) is 10.2. The highest BCUT2D eigenvalue weighted by Crippen LogP contribution is 2.32. The highest BCUT2D eigenvalue weighted by atomic mass is 32.2. The Morgan fingerprint density at radius 3 is 2.65 bits per heavy atom. The number of rotatable bonds is 4. The number of pyridine rings is 1. The Morgan fingerprint density at radius 2 is 1.92 bits per heavy atom. The van der Waals surface area contributed by atoms with E-state index in [1.807, 2.05) is 23.2 Å². The zero-order chi connectivity index (χ0) is 17.8. The van der Waals surface area contributed by atoms with Gasteiger partial charge in [0.1, 0.15) is 0 Å². The van der Waals surface area contributed by atoms with Gasteiger partial charge in [-0.15, -0.1) is 11.8 Å². The summed E-state index contributed by atoms with van der Waals surface area (Å²) in [6, 6.07) is 14.4. The molecule has 2 saturated heterocycles. The molecule has 2 aliphatic rings. The number of nitrogens with one attached hydrogen (secondary N) is 1. The van der Waals surface area contributed by atoms with E-state index < -0.39 is 0 Å². The number of piperazine rings is 1. The van der Waals surface area contributed by atoms with Crippen LogP contribution < -0.4 is 5.32 Å². The Kier molecular flexibility index (Phi) is 5.53. The third kappa shape index (κ3) is 4.09. The second kappa shape index (κ2) is 8.20. The van der Waals surface area contributed by atoms with E-state index in [4.69, 9.17) is 0 Å². The summed E-state index contributed by atoms with van der Waals surface area (Å²) < 4.78 is 0. The standard InChI is InChI=1S/C20H24N4OS/c25-20(18-15-26-19(22-18)17-7-4-8-21-13-17)24-11-9-23(10-12-24)14-16-5-2-1-3-6-16/h1-8,13,18-19,22H,9-12,14-15H2. The minimum absolute atomic E-state index is 0.0918. The van der Waals surface area contributed by atoms with Crippen molar-refractivity contribution in [2.75, 3.05) is 31.9 Å². The van der Waals surface area contributed by atoms with Gasteiger partial charge in [0, 0.05) is 50.9 Å². The van der Waals surface area contributed by atoms with E-state index in [2.05, 4.69) is 45.5 Å². The van der Waals surface area contributed by atoms with Gasteiger partial charge >= 0.3 is 0 Å². The number of carbonyl (C=O) groups excluding carboxylic acids is 1. The van der Waals surface area contributed by atoms with Crippen LogP contribution in [0.5, 0.6) is 0 Å². The largest absolute Gasteiger partial charge is 0.339 e. The Morgan fingerprint density at radius 1 is 1.12 bits per heavy atom. The van der Waals surface area contributed by atoms with E-state index in [0.29, 0.717) is 0 Å². The summed E-state index contributed by atoms with van der Waals surface area (Å²) in [5, 5.41) is 3.64. The molecular weight excluding hydrogens is 344 g/mol. The summed E-state index contributed by atoms with van der Waals surface area (Å²) >= 11 is 1.79. The first-order valence-electron chi connectivity index (χ1n) is 9.12. The van der Waals surface area contributed by atoms with E-state index in [1.165, 1.54) is 5.56 Å². The molecule has 2 unspecified atom stereocenters. The summed E-state index contributed by atoms with van der Waals surface area (Å²) in [5.74, 6) is 1.06. The van der Waals surface area contributed by atoms with Crippen molar-refractivity contribution < 1.29 is 4.79 Å². The van der Waals surface area contributed by atoms with Gasteiger partial charge < -0.3 is 4.90 Å². The van der Waals surface area contributed by atoms with Crippen LogP contribution in [0.25, 0.3) is 0 Å². The van der Waals surface area contributed by atoms with Crippen molar-refractivity contribution in [2.24, 2.45) is 0 Å². The maximum Gasteiger partial charge on any atom is 0.240 e. The summed E-state index contributed by atoms with van der Waals surface area (Å²) in [6.07, 6.45) is 3.65. The molecule has 2 fully saturated rings. The Hall–Kier alpha value is -1.89. The van der Waals surface area contributed by atoms with E-state index in [0.717, 1.165) is 44.0 Å². The molecule has 0 bridgehead atoms. The van der Waals surface area contributed by atoms with Crippen LogP contribution in [0.1, 0.15) is 16.5 Å². The van der Waals surface area contributed by atoms with Crippen molar-refractivity contribution in [1.29, 1.82) is 0 Å². The molecular formula is C20H24N4OS. The second-order valence-electron chi connectivity index (χ2n) is 6.81. The van der Waals surface area contributed by atoms with Gasteiger partial charge in [0.25, 0.3) is 0 Å². The fraction of sp³-hybridized carbons (Fsp3) is 0.400. The Balaban J connectivity index is 1.27. The molecule has 136 valence electrons. The molecule has 2 aromatic rings. The first-order chi connectivity index (χ1) is 12.8. The van der Waals surface area contributed by atoms with Crippen molar-refractivity contribution >= 4 is 17.7 Å². The zero-order valence-corrected chi connectivity index (χ0v) is 15.6. The number of carbonyl (C=O) groups is 1. The molecule has 3 heterocycles. The zero-order valence-electron chi connectivity index (χ0n) is 14.8. The van der Waals surface area contributed by atoms with Crippen molar-refractivity contribution in [2.45, 2.75) is 18.0 Å². The molecule has 1 amide bonds. The predicted octanol–water partition coefficient (Wildman–Crippen LogP) is 2.13. The molecule has 0 aliphatic carbocycles. The summed E-state index contributed by atoms with van der Waals surface area (Å²) in [6.45, 7) is 4.46. The SMILES string of the molecule is O=C(C1CSC(c2cccnc2)N1)N1CCN(Cc2ccccc2)CC1. The smallest absolute Gasteiger partial charge is 0.240 e. The number of hydrogen-bond donors (Lipinski definition) is 1. The molecule has 0 spiro atoms. The van der Waals surface area contributed by atoms with E-state index in [1.54, 1.807) is 18.0 Å². The average molecular weight is 369 g/mol. The number of amides is 1. The molecule has 6 heteroatoms. The van der Waals surface area contributed by atoms with Crippen molar-refractivity contribution in [3.63, 3.8) is 0 Å². The van der Waals surface area contributed by atoms with Crippen LogP contribution in [0.2, 0.25) is 0 Å². The van der Waals surface area contributed by atoms with Crippen LogP contribution >= 0.6 is 11.8 Å². The lowest BCUT2D eigenvalue weighted by atomic mass is 10.2. The maximum atomic E-state index is 12.9. The third-order valence-electron chi connectivity index (χ3n) is 5.00. The Bertz CT molecular complexity index is 719. The van der Waals surface area contributed by atoms with E-state index in [-0.39, 0.29) is 17.3 Å². The van der Waals surface area contributed by atoms with Crippen LogP contribution in [0.4, 0.5) is 0 Å². The molecule has 4 rings (SSSR count). The molecule has 1 aromatic heterocycles. The average Bonchev–Trinajstić information content (AvgIpc) is 3.20. The normalized spacial score (nSPS) is 23.9. The van der Waals surface area contributed by atoms with Gasteiger partial charge in [-0.25, -0.2) is 0 Å². The first kappa shape index (κ1) is 17.5. The highest BCUT2D eigenvalue weighted by molar-refractivity contribution is 7.99. The molecule has 1 N–H and O–H groups in total. The van der Waals surface area contributed by atoms with Crippen LogP contribution in [-0.4, -0.2) is 58.7 Å². The number of thioether (sulfide) groups is 1. The van der Waals surface area contributed by atoms with E-state index in [9.17, 15) is 4.79 Å². The minimum Gasteiger partial charge on any atom is -0.339 e. The third-order valence-corrected chi connectivity index (χ3v) is 6.27. The Labute approximate surface area is 158 Å². The molecule has 2 aliphatic heterocycles. The van der Waals surface area contributed by atoms with Gasteiger partial charge in [-0.2, -0.15) is 0 Å². The van der Waals surface area contributed by atoms with Crippen molar-refractivity contribution in [3.05, 3.63) is 66.0 Å².